The van der Waals surface area contributed by atoms with Gasteiger partial charge in [0.05, 0.1) is 24.6 Å². The summed E-state index contributed by atoms with van der Waals surface area (Å²) in [6.07, 6.45) is 0. The highest BCUT2D eigenvalue weighted by Gasteiger charge is 2.08. The van der Waals surface area contributed by atoms with Crippen molar-refractivity contribution >= 4 is 16.6 Å². The summed E-state index contributed by atoms with van der Waals surface area (Å²) in [6.45, 7) is 0.350. The number of rotatable bonds is 4. The second kappa shape index (κ2) is 5.77. The molecule has 22 heavy (non-hydrogen) atoms. The average molecular weight is 296 g/mol. The first-order chi connectivity index (χ1) is 10.7. The molecule has 0 aliphatic heterocycles. The number of anilines is 1. The molecule has 2 aromatic carbocycles. The van der Waals surface area contributed by atoms with Crippen LogP contribution in [0.2, 0.25) is 0 Å². The summed E-state index contributed by atoms with van der Waals surface area (Å²) in [4.78, 5) is 16.6. The van der Waals surface area contributed by atoms with Gasteiger partial charge in [0.25, 0.3) is 5.56 Å². The van der Waals surface area contributed by atoms with Crippen LogP contribution in [0.5, 0.6) is 5.75 Å². The Kier molecular flexibility index (Phi) is 3.65. The van der Waals surface area contributed by atoms with Crippen molar-refractivity contribution in [3.8, 4) is 5.75 Å². The van der Waals surface area contributed by atoms with Crippen molar-refractivity contribution in [2.75, 3.05) is 18.3 Å². The molecule has 0 saturated carbocycles. The fourth-order valence-corrected chi connectivity index (χ4v) is 2.21. The van der Waals surface area contributed by atoms with Gasteiger partial charge in [-0.3, -0.25) is 4.79 Å². The van der Waals surface area contributed by atoms with E-state index in [9.17, 15) is 4.79 Å². The van der Waals surface area contributed by atoms with Crippen LogP contribution in [0.3, 0.4) is 0 Å². The standard InChI is InChI=1S/C16H16N4O2/c1-22-12-8-6-11(7-9-12)18-10-15-19-14-5-3-2-4-13(14)16(21)20(15)17/h2-9,18H,10,17H2,1H3. The zero-order valence-electron chi connectivity index (χ0n) is 12.1. The first-order valence-electron chi connectivity index (χ1n) is 6.82. The summed E-state index contributed by atoms with van der Waals surface area (Å²) in [5.74, 6) is 7.09. The summed E-state index contributed by atoms with van der Waals surface area (Å²) in [6, 6.07) is 14.6. The topological polar surface area (TPSA) is 82.2 Å². The van der Waals surface area contributed by atoms with Gasteiger partial charge in [0.1, 0.15) is 5.75 Å². The number of fused-ring (bicyclic) bond motifs is 1. The highest BCUT2D eigenvalue weighted by atomic mass is 16.5. The van der Waals surface area contributed by atoms with Crippen LogP contribution in [-0.4, -0.2) is 16.8 Å². The third-order valence-electron chi connectivity index (χ3n) is 3.42. The van der Waals surface area contributed by atoms with Gasteiger partial charge in [-0.05, 0) is 36.4 Å². The summed E-state index contributed by atoms with van der Waals surface area (Å²) in [7, 11) is 1.62. The first-order valence-corrected chi connectivity index (χ1v) is 6.82. The number of ether oxygens (including phenoxy) is 1. The first kappa shape index (κ1) is 13.9. The van der Waals surface area contributed by atoms with Gasteiger partial charge in [-0.15, -0.1) is 0 Å². The van der Waals surface area contributed by atoms with E-state index in [0.717, 1.165) is 16.1 Å². The van der Waals surface area contributed by atoms with Crippen molar-refractivity contribution in [1.82, 2.24) is 9.66 Å². The minimum Gasteiger partial charge on any atom is -0.497 e. The van der Waals surface area contributed by atoms with Crippen molar-refractivity contribution in [1.29, 1.82) is 0 Å². The van der Waals surface area contributed by atoms with Crippen molar-refractivity contribution in [3.05, 3.63) is 64.7 Å². The molecule has 0 aliphatic carbocycles. The van der Waals surface area contributed by atoms with Crippen molar-refractivity contribution in [3.63, 3.8) is 0 Å². The van der Waals surface area contributed by atoms with Gasteiger partial charge < -0.3 is 15.9 Å². The molecule has 3 rings (SSSR count). The molecule has 6 heteroatoms. The fourth-order valence-electron chi connectivity index (χ4n) is 2.21. The van der Waals surface area contributed by atoms with Crippen molar-refractivity contribution in [2.45, 2.75) is 6.54 Å². The lowest BCUT2D eigenvalue weighted by Crippen LogP contribution is -2.32. The van der Waals surface area contributed by atoms with E-state index in [1.54, 1.807) is 25.3 Å². The molecule has 0 spiro atoms. The largest absolute Gasteiger partial charge is 0.497 e. The van der Waals surface area contributed by atoms with Crippen LogP contribution in [-0.2, 0) is 6.54 Å². The van der Waals surface area contributed by atoms with Gasteiger partial charge in [0, 0.05) is 5.69 Å². The number of aromatic nitrogens is 2. The lowest BCUT2D eigenvalue weighted by molar-refractivity contribution is 0.415. The number of benzene rings is 2. The second-order valence-corrected chi connectivity index (χ2v) is 4.80. The van der Waals surface area contributed by atoms with Crippen LogP contribution in [0.15, 0.2) is 53.3 Å². The van der Waals surface area contributed by atoms with Gasteiger partial charge in [-0.1, -0.05) is 12.1 Å². The van der Waals surface area contributed by atoms with Crippen molar-refractivity contribution in [2.24, 2.45) is 0 Å². The monoisotopic (exact) mass is 296 g/mol. The molecule has 0 radical (unpaired) electrons. The predicted octanol–water partition coefficient (Wildman–Crippen LogP) is 1.73. The van der Waals surface area contributed by atoms with E-state index in [1.165, 1.54) is 0 Å². The van der Waals surface area contributed by atoms with Gasteiger partial charge in [0.15, 0.2) is 5.82 Å². The van der Waals surface area contributed by atoms with Crippen LogP contribution < -0.4 is 21.5 Å². The summed E-state index contributed by atoms with van der Waals surface area (Å²) in [5, 5.41) is 3.70. The van der Waals surface area contributed by atoms with Crippen molar-refractivity contribution < 1.29 is 4.74 Å². The Hall–Kier alpha value is -3.02. The van der Waals surface area contributed by atoms with E-state index >= 15 is 0 Å². The molecule has 3 aromatic rings. The lowest BCUT2D eigenvalue weighted by atomic mass is 10.2. The summed E-state index contributed by atoms with van der Waals surface area (Å²) < 4.78 is 6.19. The molecule has 0 bridgehead atoms. The number of methoxy groups -OCH3 is 1. The third-order valence-corrected chi connectivity index (χ3v) is 3.42. The Balaban J connectivity index is 1.87. The highest BCUT2D eigenvalue weighted by molar-refractivity contribution is 5.77. The number of nitrogen functional groups attached to an aromatic ring is 1. The summed E-state index contributed by atoms with van der Waals surface area (Å²) >= 11 is 0. The number of para-hydroxylation sites is 1. The molecular weight excluding hydrogens is 280 g/mol. The third kappa shape index (κ3) is 2.58. The van der Waals surface area contributed by atoms with E-state index in [0.29, 0.717) is 23.3 Å². The van der Waals surface area contributed by atoms with Gasteiger partial charge in [-0.2, -0.15) is 0 Å². The smallest absolute Gasteiger partial charge is 0.279 e. The Morgan fingerprint density at radius 3 is 2.64 bits per heavy atom. The Morgan fingerprint density at radius 1 is 1.18 bits per heavy atom. The molecule has 3 N–H and O–H groups in total. The number of hydrogen-bond acceptors (Lipinski definition) is 5. The van der Waals surface area contributed by atoms with E-state index in [-0.39, 0.29) is 5.56 Å². The van der Waals surface area contributed by atoms with E-state index in [4.69, 9.17) is 10.6 Å². The number of nitrogens with two attached hydrogens (primary N) is 1. The minimum atomic E-state index is -0.253. The zero-order chi connectivity index (χ0) is 15.5. The number of nitrogens with zero attached hydrogens (tertiary/aromatic N) is 2. The molecule has 112 valence electrons. The normalized spacial score (nSPS) is 10.6. The average Bonchev–Trinajstić information content (AvgIpc) is 2.57. The van der Waals surface area contributed by atoms with Gasteiger partial charge in [0.2, 0.25) is 0 Å². The zero-order valence-corrected chi connectivity index (χ0v) is 12.1. The minimum absolute atomic E-state index is 0.253. The van der Waals surface area contributed by atoms with Crippen LogP contribution >= 0.6 is 0 Å². The van der Waals surface area contributed by atoms with E-state index in [1.807, 2.05) is 30.3 Å². The molecule has 0 atom stereocenters. The molecule has 6 nitrogen and oxygen atoms in total. The molecule has 0 unspecified atom stereocenters. The van der Waals surface area contributed by atoms with Gasteiger partial charge >= 0.3 is 0 Å². The molecule has 0 saturated heterocycles. The fraction of sp³-hybridized carbons (Fsp3) is 0.125. The van der Waals surface area contributed by atoms with E-state index < -0.39 is 0 Å². The molecular formula is C16H16N4O2. The molecule has 0 amide bonds. The quantitative estimate of drug-likeness (QED) is 0.717. The number of hydrogen-bond donors (Lipinski definition) is 2. The molecule has 0 fully saturated rings. The highest BCUT2D eigenvalue weighted by Crippen LogP contribution is 2.15. The SMILES string of the molecule is COc1ccc(NCc2nc3ccccc3c(=O)n2N)cc1. The van der Waals surface area contributed by atoms with Crippen LogP contribution in [0.1, 0.15) is 5.82 Å². The van der Waals surface area contributed by atoms with E-state index in [2.05, 4.69) is 10.3 Å². The Bertz CT molecular complexity index is 856. The predicted molar refractivity (Wildman–Crippen MR) is 86.5 cm³/mol. The maximum absolute atomic E-state index is 12.2. The van der Waals surface area contributed by atoms with Crippen LogP contribution in [0.4, 0.5) is 5.69 Å². The second-order valence-electron chi connectivity index (χ2n) is 4.80. The Morgan fingerprint density at radius 2 is 1.91 bits per heavy atom. The van der Waals surface area contributed by atoms with Crippen LogP contribution in [0, 0.1) is 0 Å². The maximum Gasteiger partial charge on any atom is 0.279 e. The van der Waals surface area contributed by atoms with Crippen LogP contribution in [0.25, 0.3) is 10.9 Å². The maximum atomic E-state index is 12.2. The summed E-state index contributed by atoms with van der Waals surface area (Å²) in [5.41, 5.74) is 1.28. The van der Waals surface area contributed by atoms with Gasteiger partial charge in [-0.25, -0.2) is 9.66 Å². The lowest BCUT2D eigenvalue weighted by Gasteiger charge is -2.11. The molecule has 1 aromatic heterocycles. The Labute approximate surface area is 127 Å². The molecule has 0 aliphatic rings. The molecule has 1 heterocycles. The number of nitrogens with one attached hydrogen (secondary N) is 1.